The molecule has 2 aliphatic rings. The minimum Gasteiger partial charge on any atom is -0.480 e. The Morgan fingerprint density at radius 3 is 0.984 bits per heavy atom. The van der Waals surface area contributed by atoms with Crippen LogP contribution in [0.4, 0.5) is 0 Å². The van der Waals surface area contributed by atoms with Gasteiger partial charge in [0, 0.05) is 25.3 Å². The van der Waals surface area contributed by atoms with Gasteiger partial charge in [0.1, 0.15) is 90.6 Å². The van der Waals surface area contributed by atoms with Crippen LogP contribution < -0.4 is 74.9 Å². The molecule has 0 aliphatic carbocycles. The Labute approximate surface area is 754 Å². The highest BCUT2D eigenvalue weighted by Crippen LogP contribution is 2.25. The number of likely N-dealkylation sites (tertiary alicyclic amines) is 2. The molecular formula is C91H148N16O19S. The Morgan fingerprint density at radius 2 is 0.630 bits per heavy atom. The van der Waals surface area contributed by atoms with E-state index in [9.17, 15) is 87.2 Å². The van der Waals surface area contributed by atoms with Crippen LogP contribution in [0.1, 0.15) is 219 Å². The number of carboxylic acid groups (broad SMARTS) is 1. The molecule has 36 heteroatoms. The summed E-state index contributed by atoms with van der Waals surface area (Å²) in [6.07, 6.45) is 2.96. The average Bonchev–Trinajstić information content (AvgIpc) is 1.74. The van der Waals surface area contributed by atoms with E-state index in [0.717, 1.165) is 10.5 Å². The third kappa shape index (κ3) is 35.0. The average molecular weight is 1800 g/mol. The van der Waals surface area contributed by atoms with Gasteiger partial charge in [-0.15, -0.1) is 0 Å². The lowest BCUT2D eigenvalue weighted by atomic mass is 9.95. The number of thiol groups is 1. The quantitative estimate of drug-likeness (QED) is 0.0423. The lowest BCUT2D eigenvalue weighted by molar-refractivity contribution is -0.150. The third-order valence-electron chi connectivity index (χ3n) is 23.5. The molecule has 0 spiro atoms. The minimum absolute atomic E-state index is 0.00468. The van der Waals surface area contributed by atoms with Gasteiger partial charge >= 0.3 is 5.97 Å². The Hall–Kier alpha value is -9.81. The smallest absolute Gasteiger partial charge is 0.326 e. The molecule has 712 valence electrons. The fraction of sp³-hybridized carbons (Fsp3) is 0.692. The number of hydrogen-bond donors (Lipinski definition) is 18. The molecule has 0 aromatic heterocycles. The van der Waals surface area contributed by atoms with E-state index >= 15 is 4.79 Å². The molecule has 2 aromatic carbocycles. The van der Waals surface area contributed by atoms with Crippen LogP contribution >= 0.6 is 12.6 Å². The predicted octanol–water partition coefficient (Wildman–Crippen LogP) is 2.50. The van der Waals surface area contributed by atoms with Crippen LogP contribution in [0.5, 0.6) is 0 Å². The van der Waals surface area contributed by atoms with E-state index < -0.39 is 228 Å². The van der Waals surface area contributed by atoms with Crippen LogP contribution in [0.25, 0.3) is 0 Å². The summed E-state index contributed by atoms with van der Waals surface area (Å²) >= 11 is 4.41. The van der Waals surface area contributed by atoms with E-state index in [0.29, 0.717) is 44.1 Å². The van der Waals surface area contributed by atoms with Gasteiger partial charge in [-0.3, -0.25) is 71.9 Å². The predicted molar refractivity (Wildman–Crippen MR) is 484 cm³/mol. The first-order valence-corrected chi connectivity index (χ1v) is 46.0. The summed E-state index contributed by atoms with van der Waals surface area (Å²) < 4.78 is 0. The van der Waals surface area contributed by atoms with Crippen molar-refractivity contribution < 1.29 is 92.0 Å². The number of nitrogens with two attached hydrogens (primary N) is 1. The monoisotopic (exact) mass is 1800 g/mol. The van der Waals surface area contributed by atoms with Crippen molar-refractivity contribution in [2.45, 2.75) is 318 Å². The summed E-state index contributed by atoms with van der Waals surface area (Å²) in [5.74, 6) is -16.4. The summed E-state index contributed by atoms with van der Waals surface area (Å²) in [6, 6.07) is -2.96. The molecule has 35 nitrogen and oxygen atoms in total. The van der Waals surface area contributed by atoms with Crippen molar-refractivity contribution >= 4 is 107 Å². The van der Waals surface area contributed by atoms with Crippen molar-refractivity contribution in [1.82, 2.24) is 78.9 Å². The molecule has 127 heavy (non-hydrogen) atoms. The van der Waals surface area contributed by atoms with Gasteiger partial charge in [0.05, 0.1) is 19.3 Å². The number of benzene rings is 2. The molecule has 2 heterocycles. The van der Waals surface area contributed by atoms with Gasteiger partial charge in [0.2, 0.25) is 88.6 Å². The Kier molecular flexibility index (Phi) is 47.0. The molecule has 4 rings (SSSR count). The number of carbonyl (C=O) groups is 16. The van der Waals surface area contributed by atoms with E-state index in [-0.39, 0.29) is 106 Å². The van der Waals surface area contributed by atoms with E-state index in [1.165, 1.54) is 4.90 Å². The van der Waals surface area contributed by atoms with Crippen molar-refractivity contribution in [3.8, 4) is 0 Å². The summed E-state index contributed by atoms with van der Waals surface area (Å²) in [5.41, 5.74) is 7.72. The standard InChI is InChI=1S/C91H148N16O19S/c1-19-54(15)72(86(120)97-62(40-50(7)8)77(111)100-68(47-109)89(123)107-38-30-36-71(107)91(125)126)102-81(115)64(42-52(11)12)94-79(113)66(45-59-33-27-24-28-34-59)96-85(119)70-35-29-37-106(70)90(124)75(57(18)22-4)105-82(116)65(43-53(13)14)98-87(121)73(55(16)20-2)104-84(118)69(48-127)101-78(112)61(39-49(5)6)95-83(117)67(46-108)99-88(122)74(56(17)21-3)103-80(114)63(41-51(9)10)93-76(110)60(92)44-58-31-25-23-26-32-58/h23-28,31-34,49-57,60-75,108-109,127H,19-22,29-30,35-48,92H2,1-18H3,(H,93,110)(H,94,113)(H,95,117)(H,96,119)(H,97,120)(H,98,121)(H,99,122)(H,100,111)(H,101,112)(H,102,115)(H,103,114)(H,104,118)(H,105,116)(H,125,126)/t54-,55-,56-,57-,60-,61-,62-,63-,64-,65-,66-,67-,68-,69-,70-,71-,72-,73-,74-,75-/m0/s1. The maximum Gasteiger partial charge on any atom is 0.326 e. The van der Waals surface area contributed by atoms with Crippen LogP contribution in [-0.4, -0.2) is 248 Å². The van der Waals surface area contributed by atoms with E-state index in [1.807, 2.05) is 78.8 Å². The van der Waals surface area contributed by atoms with Crippen LogP contribution in [0, 0.1) is 53.3 Å². The molecule has 0 radical (unpaired) electrons. The maximum atomic E-state index is 15.2. The number of aliphatic carboxylic acids is 1. The van der Waals surface area contributed by atoms with Gasteiger partial charge in [0.25, 0.3) is 0 Å². The number of amides is 15. The van der Waals surface area contributed by atoms with Crippen LogP contribution in [-0.2, 0) is 89.6 Å². The number of rotatable bonds is 54. The van der Waals surface area contributed by atoms with Crippen molar-refractivity contribution in [3.05, 3.63) is 71.8 Å². The molecule has 0 unspecified atom stereocenters. The second-order valence-corrected chi connectivity index (χ2v) is 36.8. The second kappa shape index (κ2) is 54.5. The van der Waals surface area contributed by atoms with Crippen LogP contribution in [0.2, 0.25) is 0 Å². The molecule has 20 atom stereocenters. The largest absolute Gasteiger partial charge is 0.480 e. The molecule has 2 saturated heterocycles. The second-order valence-electron chi connectivity index (χ2n) is 36.4. The highest BCUT2D eigenvalue weighted by Gasteiger charge is 2.45. The number of hydrogen-bond acceptors (Lipinski definition) is 20. The summed E-state index contributed by atoms with van der Waals surface area (Å²) in [4.78, 5) is 231. The first kappa shape index (κ1) is 110. The number of nitrogens with zero attached hydrogens (tertiary/aromatic N) is 2. The Morgan fingerprint density at radius 1 is 0.346 bits per heavy atom. The number of carbonyl (C=O) groups excluding carboxylic acids is 15. The molecule has 2 fully saturated rings. The fourth-order valence-electron chi connectivity index (χ4n) is 15.3. The lowest BCUT2D eigenvalue weighted by Gasteiger charge is -2.33. The van der Waals surface area contributed by atoms with E-state index in [2.05, 4.69) is 81.7 Å². The van der Waals surface area contributed by atoms with Crippen molar-refractivity contribution in [2.75, 3.05) is 32.1 Å². The number of carboxylic acids is 1. The minimum atomic E-state index is -1.66. The van der Waals surface area contributed by atoms with Crippen LogP contribution in [0.3, 0.4) is 0 Å². The van der Waals surface area contributed by atoms with Crippen molar-refractivity contribution in [1.29, 1.82) is 0 Å². The van der Waals surface area contributed by atoms with Gasteiger partial charge in [0.15, 0.2) is 0 Å². The van der Waals surface area contributed by atoms with Crippen LogP contribution in [0.15, 0.2) is 60.7 Å². The van der Waals surface area contributed by atoms with Gasteiger partial charge in [-0.05, 0) is 129 Å². The molecule has 2 aliphatic heterocycles. The number of nitrogens with one attached hydrogen (secondary N) is 13. The number of aliphatic hydroxyl groups is 2. The zero-order chi connectivity index (χ0) is 95.4. The first-order chi connectivity index (χ1) is 59.9. The topological polar surface area (TPSA) is 523 Å². The SMILES string of the molecule is CC[C@H](C)[C@H](NC(=O)[C@H](CC(C)C)NC(=O)[C@@H](N)Cc1ccccc1)C(=O)N[C@@H](CO)C(=O)N[C@@H](CC(C)C)C(=O)N[C@@H](CS)C(=O)N[C@H](C(=O)N[C@@H](CC(C)C)C(=O)N[C@H](C(=O)N1CCC[C@H]1C(=O)N[C@@H](Cc1ccccc1)C(=O)N[C@@H](CC(C)C)C(=O)N[C@H](C(=O)N[C@@H](CC(C)C)C(=O)N[C@@H](CO)C(=O)N1CCC[C@H]1C(=O)O)[C@@H](C)CC)[C@@H](C)CC)[C@@H](C)CC. The summed E-state index contributed by atoms with van der Waals surface area (Å²) in [6.45, 7) is 30.5. The Bertz CT molecular complexity index is 3960. The molecule has 18 N–H and O–H groups in total. The van der Waals surface area contributed by atoms with Crippen molar-refractivity contribution in [3.63, 3.8) is 0 Å². The zero-order valence-corrected chi connectivity index (χ0v) is 78.5. The highest BCUT2D eigenvalue weighted by molar-refractivity contribution is 7.80. The van der Waals surface area contributed by atoms with Gasteiger partial charge in [-0.2, -0.15) is 12.6 Å². The summed E-state index contributed by atoms with van der Waals surface area (Å²) in [5, 5.41) is 66.2. The zero-order valence-electron chi connectivity index (χ0n) is 77.6. The first-order valence-electron chi connectivity index (χ1n) is 45.3. The number of aliphatic hydroxyl groups excluding tert-OH is 2. The maximum absolute atomic E-state index is 15.2. The molecule has 15 amide bonds. The van der Waals surface area contributed by atoms with Gasteiger partial charge < -0.3 is 100.0 Å². The highest BCUT2D eigenvalue weighted by atomic mass is 32.1. The van der Waals surface area contributed by atoms with Crippen molar-refractivity contribution in [2.24, 2.45) is 59.0 Å². The van der Waals surface area contributed by atoms with Gasteiger partial charge in [-0.1, -0.05) is 211 Å². The molecule has 2 aromatic rings. The summed E-state index contributed by atoms with van der Waals surface area (Å²) in [7, 11) is 0. The molecule has 0 saturated carbocycles. The third-order valence-corrected chi connectivity index (χ3v) is 23.9. The van der Waals surface area contributed by atoms with E-state index in [1.54, 1.807) is 106 Å². The molecular weight excluding hydrogens is 1650 g/mol. The lowest BCUT2D eigenvalue weighted by Crippen LogP contribution is -2.62. The molecule has 0 bridgehead atoms. The fourth-order valence-corrected chi connectivity index (χ4v) is 15.6. The Balaban J connectivity index is 1.53. The van der Waals surface area contributed by atoms with E-state index in [4.69, 9.17) is 5.73 Å². The van der Waals surface area contributed by atoms with Gasteiger partial charge in [-0.25, -0.2) is 4.79 Å². The normalized spacial score (nSPS) is 18.2.